The first-order valence-electron chi connectivity index (χ1n) is 9.41. The molecule has 1 aliphatic heterocycles. The van der Waals surface area contributed by atoms with Crippen molar-refractivity contribution in [3.8, 4) is 5.75 Å². The van der Waals surface area contributed by atoms with E-state index in [9.17, 15) is 14.7 Å². The molecule has 0 radical (unpaired) electrons. The number of methoxy groups -OCH3 is 1. The highest BCUT2D eigenvalue weighted by Crippen LogP contribution is 2.39. The van der Waals surface area contributed by atoms with Gasteiger partial charge in [0, 0.05) is 24.5 Å². The van der Waals surface area contributed by atoms with E-state index in [4.69, 9.17) is 4.74 Å². The number of hydrogen-bond donors (Lipinski definition) is 1. The van der Waals surface area contributed by atoms with E-state index in [0.717, 1.165) is 19.3 Å². The van der Waals surface area contributed by atoms with Crippen molar-refractivity contribution in [3.63, 3.8) is 0 Å². The normalized spacial score (nSPS) is 18.5. The number of aliphatic hydroxyl groups is 1. The molecule has 1 aromatic heterocycles. The van der Waals surface area contributed by atoms with Gasteiger partial charge in [-0.25, -0.2) is 0 Å². The van der Waals surface area contributed by atoms with E-state index in [2.05, 4.69) is 11.9 Å². The predicted molar refractivity (Wildman–Crippen MR) is 106 cm³/mol. The first-order chi connectivity index (χ1) is 13.6. The molecule has 28 heavy (non-hydrogen) atoms. The summed E-state index contributed by atoms with van der Waals surface area (Å²) in [7, 11) is 1.53. The molecule has 146 valence electrons. The summed E-state index contributed by atoms with van der Waals surface area (Å²) >= 11 is 0. The Labute approximate surface area is 164 Å². The van der Waals surface area contributed by atoms with Crippen LogP contribution in [0.1, 0.15) is 43.4 Å². The quantitative estimate of drug-likeness (QED) is 0.343. The largest absolute Gasteiger partial charge is 0.507 e. The van der Waals surface area contributed by atoms with Crippen molar-refractivity contribution in [1.29, 1.82) is 0 Å². The number of aromatic nitrogens is 1. The van der Waals surface area contributed by atoms with Crippen LogP contribution in [0.15, 0.2) is 54.4 Å². The minimum absolute atomic E-state index is 0.0859. The number of nitrogens with zero attached hydrogens (tertiary/aromatic N) is 2. The summed E-state index contributed by atoms with van der Waals surface area (Å²) in [6.07, 6.45) is 6.01. The molecule has 6 nitrogen and oxygen atoms in total. The molecule has 1 amide bonds. The lowest BCUT2D eigenvalue weighted by Crippen LogP contribution is -2.30. The van der Waals surface area contributed by atoms with E-state index in [1.165, 1.54) is 7.11 Å². The Morgan fingerprint density at radius 1 is 1.21 bits per heavy atom. The smallest absolute Gasteiger partial charge is 0.295 e. The number of carbonyl (C=O) groups is 2. The zero-order chi connectivity index (χ0) is 20.1. The van der Waals surface area contributed by atoms with Crippen LogP contribution in [0.25, 0.3) is 5.76 Å². The number of hydrogen-bond acceptors (Lipinski definition) is 5. The molecule has 0 bridgehead atoms. The number of unbranched alkanes of at least 4 members (excludes halogenated alkanes) is 2. The molecule has 0 aliphatic carbocycles. The number of likely N-dealkylation sites (tertiary alicyclic amines) is 1. The maximum Gasteiger partial charge on any atom is 0.295 e. The summed E-state index contributed by atoms with van der Waals surface area (Å²) in [6.45, 7) is 2.53. The van der Waals surface area contributed by atoms with Crippen molar-refractivity contribution in [2.24, 2.45) is 0 Å². The fourth-order valence-corrected chi connectivity index (χ4v) is 3.45. The first-order valence-corrected chi connectivity index (χ1v) is 9.41. The van der Waals surface area contributed by atoms with Crippen LogP contribution in [0.3, 0.4) is 0 Å². The first kappa shape index (κ1) is 19.6. The average Bonchev–Trinajstić information content (AvgIpc) is 2.99. The van der Waals surface area contributed by atoms with Crippen molar-refractivity contribution < 1.29 is 19.4 Å². The van der Waals surface area contributed by atoms with E-state index < -0.39 is 17.7 Å². The van der Waals surface area contributed by atoms with E-state index >= 15 is 0 Å². The third-order valence-corrected chi connectivity index (χ3v) is 4.89. The lowest BCUT2D eigenvalue weighted by Gasteiger charge is -2.25. The number of benzene rings is 1. The fourth-order valence-electron chi connectivity index (χ4n) is 3.45. The molecular formula is C22H24N2O4. The van der Waals surface area contributed by atoms with E-state index in [1.807, 2.05) is 6.07 Å². The van der Waals surface area contributed by atoms with Crippen LogP contribution in [0.4, 0.5) is 0 Å². The fraction of sp³-hybridized carbons (Fsp3) is 0.318. The van der Waals surface area contributed by atoms with Crippen molar-refractivity contribution in [2.45, 2.75) is 32.2 Å². The van der Waals surface area contributed by atoms with Gasteiger partial charge < -0.3 is 14.7 Å². The molecule has 1 fully saturated rings. The Balaban J connectivity index is 2.10. The Hall–Kier alpha value is -3.15. The lowest BCUT2D eigenvalue weighted by atomic mass is 9.96. The molecule has 2 heterocycles. The SMILES string of the molecule is CCCCCN1C(=O)C(=O)/C(=C(\O)c2cccc(OC)c2)C1c1cccnc1. The highest BCUT2D eigenvalue weighted by Gasteiger charge is 2.45. The molecule has 0 spiro atoms. The maximum absolute atomic E-state index is 12.8. The third kappa shape index (κ3) is 3.76. The maximum atomic E-state index is 12.8. The zero-order valence-electron chi connectivity index (χ0n) is 16.1. The number of rotatable bonds is 7. The Bertz CT molecular complexity index is 892. The summed E-state index contributed by atoms with van der Waals surface area (Å²) in [5.74, 6) is -0.914. The molecule has 1 aliphatic rings. The number of ketones is 1. The molecule has 1 atom stereocenters. The molecule has 1 N–H and O–H groups in total. The van der Waals surface area contributed by atoms with Gasteiger partial charge >= 0.3 is 0 Å². The molecular weight excluding hydrogens is 356 g/mol. The van der Waals surface area contributed by atoms with Crippen molar-refractivity contribution in [3.05, 3.63) is 65.5 Å². The van der Waals surface area contributed by atoms with Crippen LogP contribution >= 0.6 is 0 Å². The Kier molecular flexibility index (Phi) is 6.09. The molecule has 1 aromatic carbocycles. The molecule has 0 saturated carbocycles. The number of aliphatic hydroxyl groups excluding tert-OH is 1. The van der Waals surface area contributed by atoms with Gasteiger partial charge in [-0.2, -0.15) is 0 Å². The predicted octanol–water partition coefficient (Wildman–Crippen LogP) is 3.70. The van der Waals surface area contributed by atoms with Crippen molar-refractivity contribution in [1.82, 2.24) is 9.88 Å². The van der Waals surface area contributed by atoms with Gasteiger partial charge in [0.05, 0.1) is 18.7 Å². The molecule has 3 rings (SSSR count). The summed E-state index contributed by atoms with van der Waals surface area (Å²) in [5, 5.41) is 11.0. The second-order valence-corrected chi connectivity index (χ2v) is 6.72. The lowest BCUT2D eigenvalue weighted by molar-refractivity contribution is -0.139. The second-order valence-electron chi connectivity index (χ2n) is 6.72. The molecule has 1 unspecified atom stereocenters. The van der Waals surface area contributed by atoms with Gasteiger partial charge in [0.25, 0.3) is 11.7 Å². The summed E-state index contributed by atoms with van der Waals surface area (Å²) in [4.78, 5) is 31.3. The van der Waals surface area contributed by atoms with E-state index in [1.54, 1.807) is 47.6 Å². The number of pyridine rings is 1. The average molecular weight is 380 g/mol. The van der Waals surface area contributed by atoms with Crippen LogP contribution < -0.4 is 4.74 Å². The van der Waals surface area contributed by atoms with Crippen LogP contribution in [0.2, 0.25) is 0 Å². The van der Waals surface area contributed by atoms with Crippen LogP contribution in [-0.2, 0) is 9.59 Å². The number of amides is 1. The van der Waals surface area contributed by atoms with Crippen molar-refractivity contribution in [2.75, 3.05) is 13.7 Å². The highest BCUT2D eigenvalue weighted by molar-refractivity contribution is 6.46. The van der Waals surface area contributed by atoms with Crippen LogP contribution in [0.5, 0.6) is 5.75 Å². The van der Waals surface area contributed by atoms with Crippen LogP contribution in [0, 0.1) is 0 Å². The van der Waals surface area contributed by atoms with Gasteiger partial charge in [0.2, 0.25) is 0 Å². The monoisotopic (exact) mass is 380 g/mol. The third-order valence-electron chi connectivity index (χ3n) is 4.89. The summed E-state index contributed by atoms with van der Waals surface area (Å²) < 4.78 is 5.21. The van der Waals surface area contributed by atoms with Gasteiger partial charge in [-0.15, -0.1) is 0 Å². The second kappa shape index (κ2) is 8.69. The summed E-state index contributed by atoms with van der Waals surface area (Å²) in [5.41, 5.74) is 1.21. The van der Waals surface area contributed by atoms with Gasteiger partial charge in [-0.1, -0.05) is 38.0 Å². The minimum atomic E-state index is -0.675. The number of ether oxygens (including phenoxy) is 1. The summed E-state index contributed by atoms with van der Waals surface area (Å²) in [6, 6.07) is 9.71. The molecule has 1 saturated heterocycles. The van der Waals surface area contributed by atoms with Crippen molar-refractivity contribution >= 4 is 17.4 Å². The number of Topliss-reactive ketones (excluding diaryl/α,β-unsaturated/α-hetero) is 1. The van der Waals surface area contributed by atoms with Gasteiger partial charge in [0.15, 0.2) is 0 Å². The molecule has 6 heteroatoms. The van der Waals surface area contributed by atoms with E-state index in [0.29, 0.717) is 23.4 Å². The zero-order valence-corrected chi connectivity index (χ0v) is 16.1. The minimum Gasteiger partial charge on any atom is -0.507 e. The van der Waals surface area contributed by atoms with Gasteiger partial charge in [-0.3, -0.25) is 14.6 Å². The highest BCUT2D eigenvalue weighted by atomic mass is 16.5. The van der Waals surface area contributed by atoms with Gasteiger partial charge in [0.1, 0.15) is 11.5 Å². The molecule has 2 aromatic rings. The standard InChI is InChI=1S/C22H24N2O4/c1-3-4-5-12-24-19(16-9-7-11-23-14-16)18(21(26)22(24)27)20(25)15-8-6-10-17(13-15)28-2/h6-11,13-14,19,25H,3-5,12H2,1-2H3/b20-18-. The Morgan fingerprint density at radius 3 is 2.71 bits per heavy atom. The van der Waals surface area contributed by atoms with Crippen LogP contribution in [-0.4, -0.2) is 40.3 Å². The topological polar surface area (TPSA) is 79.7 Å². The van der Waals surface area contributed by atoms with Gasteiger partial charge in [-0.05, 0) is 30.2 Å². The van der Waals surface area contributed by atoms with E-state index in [-0.39, 0.29) is 11.3 Å². The Morgan fingerprint density at radius 2 is 2.04 bits per heavy atom. The number of carbonyl (C=O) groups excluding carboxylic acids is 2.